The van der Waals surface area contributed by atoms with Crippen molar-refractivity contribution in [3.05, 3.63) is 198 Å². The molecule has 53 heavy (non-hydrogen) atoms. The molecule has 0 saturated carbocycles. The van der Waals surface area contributed by atoms with Crippen LogP contribution >= 0.6 is 0 Å². The summed E-state index contributed by atoms with van der Waals surface area (Å²) in [5, 5.41) is 8.94. The Labute approximate surface area is 309 Å². The quantitative estimate of drug-likeness (QED) is 0.190. The number of para-hydroxylation sites is 1. The minimum absolute atomic E-state index is 0.117. The number of fused-ring (bicyclic) bond motifs is 3. The van der Waals surface area contributed by atoms with Crippen LogP contribution in [0.2, 0.25) is 0 Å². The zero-order valence-electron chi connectivity index (χ0n) is 29.1. The van der Waals surface area contributed by atoms with E-state index in [1.54, 1.807) is 0 Å². The fourth-order valence-corrected chi connectivity index (χ4v) is 9.06. The van der Waals surface area contributed by atoms with Gasteiger partial charge in [-0.25, -0.2) is 4.99 Å². The monoisotopic (exact) mass is 680 g/mol. The maximum Gasteiger partial charge on any atom is 0.134 e. The van der Waals surface area contributed by atoms with E-state index in [2.05, 4.69) is 185 Å². The lowest BCUT2D eigenvalue weighted by Crippen LogP contribution is -2.45. The molecule has 2 N–H and O–H groups in total. The third kappa shape index (κ3) is 4.69. The van der Waals surface area contributed by atoms with Crippen LogP contribution in [-0.4, -0.2) is 10.4 Å². The van der Waals surface area contributed by atoms with Crippen molar-refractivity contribution in [3.8, 4) is 50.2 Å². The minimum atomic E-state index is -0.211. The van der Waals surface area contributed by atoms with Gasteiger partial charge in [-0.2, -0.15) is 0 Å². The number of hydrogen-bond donors (Lipinski definition) is 2. The fourth-order valence-electron chi connectivity index (χ4n) is 9.06. The zero-order chi connectivity index (χ0) is 34.9. The van der Waals surface area contributed by atoms with Crippen molar-refractivity contribution in [1.82, 2.24) is 15.2 Å². The highest BCUT2D eigenvalue weighted by Gasteiger charge is 2.34. The fraction of sp³-hybridized carbons (Fsp3) is 0.0816. The van der Waals surface area contributed by atoms with E-state index in [0.717, 1.165) is 35.5 Å². The Morgan fingerprint density at radius 1 is 0.491 bits per heavy atom. The Morgan fingerprint density at radius 2 is 1.15 bits per heavy atom. The van der Waals surface area contributed by atoms with Gasteiger partial charge in [-0.1, -0.05) is 152 Å². The van der Waals surface area contributed by atoms with Gasteiger partial charge in [0, 0.05) is 27.8 Å². The SMILES string of the molecule is c1ccc(-c2ccc3c4c2-c2ccccc2-c2cccc5c2-c4c(n3-c2ccccc2C2=NC(c3ccccc3)NC(c3ccccc3)N2)CC5)cc1. The van der Waals surface area contributed by atoms with E-state index >= 15 is 0 Å². The predicted molar refractivity (Wildman–Crippen MR) is 217 cm³/mol. The van der Waals surface area contributed by atoms with Crippen LogP contribution in [-0.2, 0) is 12.8 Å². The topological polar surface area (TPSA) is 41.4 Å². The van der Waals surface area contributed by atoms with Crippen LogP contribution in [0.4, 0.5) is 0 Å². The molecule has 3 aliphatic rings. The summed E-state index contributed by atoms with van der Waals surface area (Å²) in [6.07, 6.45) is 1.62. The van der Waals surface area contributed by atoms with Gasteiger partial charge in [0.2, 0.25) is 0 Å². The van der Waals surface area contributed by atoms with E-state index in [0.29, 0.717) is 0 Å². The van der Waals surface area contributed by atoms with Crippen molar-refractivity contribution in [2.75, 3.05) is 0 Å². The van der Waals surface area contributed by atoms with Crippen LogP contribution in [0.1, 0.15) is 40.3 Å². The second kappa shape index (κ2) is 12.0. The zero-order valence-corrected chi connectivity index (χ0v) is 29.1. The molecule has 8 aromatic rings. The molecule has 0 fully saturated rings. The lowest BCUT2D eigenvalue weighted by Gasteiger charge is -2.33. The van der Waals surface area contributed by atoms with Crippen LogP contribution < -0.4 is 10.6 Å². The van der Waals surface area contributed by atoms with Gasteiger partial charge >= 0.3 is 0 Å². The molecule has 2 atom stereocenters. The molecular weight excluding hydrogens is 645 g/mol. The number of rotatable bonds is 5. The lowest BCUT2D eigenvalue weighted by molar-refractivity contribution is 0.409. The number of aryl methyl sites for hydroxylation is 1. The van der Waals surface area contributed by atoms with Gasteiger partial charge < -0.3 is 9.88 Å². The van der Waals surface area contributed by atoms with Gasteiger partial charge in [-0.15, -0.1) is 0 Å². The van der Waals surface area contributed by atoms with Gasteiger partial charge in [0.15, 0.2) is 0 Å². The highest BCUT2D eigenvalue weighted by Crippen LogP contribution is 2.55. The van der Waals surface area contributed by atoms with E-state index in [4.69, 9.17) is 4.99 Å². The van der Waals surface area contributed by atoms with Gasteiger partial charge in [0.25, 0.3) is 0 Å². The third-order valence-electron chi connectivity index (χ3n) is 11.3. The normalized spacial score (nSPS) is 16.7. The molecule has 252 valence electrons. The summed E-state index contributed by atoms with van der Waals surface area (Å²) < 4.78 is 2.56. The summed E-state index contributed by atoms with van der Waals surface area (Å²) in [6, 6.07) is 61.6. The summed E-state index contributed by atoms with van der Waals surface area (Å²) in [4.78, 5) is 5.40. The molecular formula is C49H36N4. The molecule has 2 heterocycles. The standard InChI is InChI=1S/C49H36N4/c1-4-15-31(16-5-1)35-28-30-42-46-44(35)38-23-11-10-22-36(38)37-25-14-21-32-27-29-41(45(46)43(32)37)53(42)40-26-13-12-24-39(40)49-51-47(33-17-6-2-7-18-33)50-48(52-49)34-19-8-3-9-20-34/h1-26,28,30,47-48,50H,27,29H2,(H,51,52). The molecule has 7 aromatic carbocycles. The molecule has 0 bridgehead atoms. The second-order valence-corrected chi connectivity index (χ2v) is 14.3. The van der Waals surface area contributed by atoms with Crippen LogP contribution in [0.25, 0.3) is 61.1 Å². The molecule has 4 nitrogen and oxygen atoms in total. The molecule has 11 rings (SSSR count). The third-order valence-corrected chi connectivity index (χ3v) is 11.3. The number of nitrogens with one attached hydrogen (secondary N) is 2. The first-order valence-corrected chi connectivity index (χ1v) is 18.6. The van der Waals surface area contributed by atoms with Crippen LogP contribution in [0, 0.1) is 0 Å². The maximum absolute atomic E-state index is 5.40. The van der Waals surface area contributed by atoms with Crippen molar-refractivity contribution in [3.63, 3.8) is 0 Å². The summed E-state index contributed by atoms with van der Waals surface area (Å²) in [5.41, 5.74) is 19.0. The van der Waals surface area contributed by atoms with E-state index in [1.165, 1.54) is 72.2 Å². The Morgan fingerprint density at radius 3 is 1.94 bits per heavy atom. The van der Waals surface area contributed by atoms with Crippen molar-refractivity contribution in [2.24, 2.45) is 4.99 Å². The summed E-state index contributed by atoms with van der Waals surface area (Å²) in [7, 11) is 0. The van der Waals surface area contributed by atoms with Crippen LogP contribution in [0.5, 0.6) is 0 Å². The second-order valence-electron chi connectivity index (χ2n) is 14.3. The summed E-state index contributed by atoms with van der Waals surface area (Å²) in [6.45, 7) is 0. The number of nitrogens with zero attached hydrogens (tertiary/aromatic N) is 2. The van der Waals surface area contributed by atoms with Crippen molar-refractivity contribution < 1.29 is 0 Å². The summed E-state index contributed by atoms with van der Waals surface area (Å²) in [5.74, 6) is 0.883. The molecule has 2 unspecified atom stereocenters. The molecule has 2 aliphatic carbocycles. The molecule has 0 saturated heterocycles. The van der Waals surface area contributed by atoms with Crippen molar-refractivity contribution >= 4 is 16.7 Å². The number of amidine groups is 1. The van der Waals surface area contributed by atoms with Crippen LogP contribution in [0.3, 0.4) is 0 Å². The highest BCUT2D eigenvalue weighted by atomic mass is 15.3. The first-order chi connectivity index (χ1) is 26.3. The number of aliphatic imine (C=N–C) groups is 1. The predicted octanol–water partition coefficient (Wildman–Crippen LogP) is 11.0. The molecule has 0 spiro atoms. The molecule has 0 amide bonds. The average Bonchev–Trinajstić information content (AvgIpc) is 3.51. The largest absolute Gasteiger partial charge is 0.350 e. The number of hydrogen-bond acceptors (Lipinski definition) is 3. The lowest BCUT2D eigenvalue weighted by atomic mass is 9.84. The number of benzene rings is 7. The van der Waals surface area contributed by atoms with Gasteiger partial charge in [0.1, 0.15) is 18.2 Å². The minimum Gasteiger partial charge on any atom is -0.350 e. The Balaban J connectivity index is 1.20. The Kier molecular flexibility index (Phi) is 6.86. The molecule has 4 heteroatoms. The maximum atomic E-state index is 5.40. The number of aromatic nitrogens is 1. The van der Waals surface area contributed by atoms with Gasteiger partial charge in [-0.3, -0.25) is 5.32 Å². The average molecular weight is 681 g/mol. The van der Waals surface area contributed by atoms with Gasteiger partial charge in [0.05, 0.1) is 11.2 Å². The first kappa shape index (κ1) is 30.2. The van der Waals surface area contributed by atoms with Crippen molar-refractivity contribution in [2.45, 2.75) is 25.2 Å². The smallest absolute Gasteiger partial charge is 0.134 e. The molecule has 1 aromatic heterocycles. The molecule has 0 radical (unpaired) electrons. The highest BCUT2D eigenvalue weighted by molar-refractivity contribution is 6.19. The van der Waals surface area contributed by atoms with E-state index < -0.39 is 0 Å². The Hall–Kier alpha value is -6.49. The Bertz CT molecular complexity index is 2730. The first-order valence-electron chi connectivity index (χ1n) is 18.6. The van der Waals surface area contributed by atoms with Crippen LogP contribution in [0.15, 0.2) is 175 Å². The van der Waals surface area contributed by atoms with Crippen molar-refractivity contribution in [1.29, 1.82) is 0 Å². The van der Waals surface area contributed by atoms with E-state index in [9.17, 15) is 0 Å². The molecule has 1 aliphatic heterocycles. The van der Waals surface area contributed by atoms with Gasteiger partial charge in [-0.05, 0) is 81.1 Å². The van der Waals surface area contributed by atoms with E-state index in [-0.39, 0.29) is 12.3 Å². The van der Waals surface area contributed by atoms with E-state index in [1.807, 2.05) is 0 Å². The summed E-state index contributed by atoms with van der Waals surface area (Å²) >= 11 is 0.